The zero-order valence-electron chi connectivity index (χ0n) is 12.0. The number of carbonyl (C=O) groups is 2. The molecule has 0 heterocycles. The summed E-state index contributed by atoms with van der Waals surface area (Å²) in [5, 5.41) is 8.64. The zero-order chi connectivity index (χ0) is 15.7. The summed E-state index contributed by atoms with van der Waals surface area (Å²) < 4.78 is 6.50. The van der Waals surface area contributed by atoms with Gasteiger partial charge in [0.2, 0.25) is 5.91 Å². The van der Waals surface area contributed by atoms with Gasteiger partial charge in [-0.1, -0.05) is 22.0 Å². The molecule has 0 aliphatic carbocycles. The van der Waals surface area contributed by atoms with Gasteiger partial charge in [-0.05, 0) is 31.5 Å². The maximum atomic E-state index is 11.9. The third-order valence-corrected chi connectivity index (χ3v) is 3.42. The Morgan fingerprint density at radius 2 is 2.10 bits per heavy atom. The molecule has 0 radical (unpaired) electrons. The highest BCUT2D eigenvalue weighted by atomic mass is 79.9. The molecule has 0 unspecified atom stereocenters. The number of carboxylic acids is 1. The number of ether oxygens (including phenoxy) is 1. The first-order valence-corrected chi connectivity index (χ1v) is 7.70. The number of nitrogens with zero attached hydrogens (tertiary/aromatic N) is 1. The number of carboxylic acid groups (broad SMARTS) is 1. The van der Waals surface area contributed by atoms with Crippen molar-refractivity contribution in [1.82, 2.24) is 4.90 Å². The van der Waals surface area contributed by atoms with Crippen molar-refractivity contribution in [2.75, 3.05) is 19.7 Å². The van der Waals surface area contributed by atoms with Gasteiger partial charge >= 0.3 is 5.97 Å². The first-order valence-electron chi connectivity index (χ1n) is 6.91. The molecule has 5 nitrogen and oxygen atoms in total. The van der Waals surface area contributed by atoms with Crippen LogP contribution in [0.5, 0.6) is 5.75 Å². The van der Waals surface area contributed by atoms with E-state index < -0.39 is 5.97 Å². The summed E-state index contributed by atoms with van der Waals surface area (Å²) >= 11 is 3.36. The minimum Gasteiger partial charge on any atom is -0.494 e. The van der Waals surface area contributed by atoms with Gasteiger partial charge in [0.25, 0.3) is 0 Å². The van der Waals surface area contributed by atoms with E-state index in [9.17, 15) is 9.59 Å². The van der Waals surface area contributed by atoms with Crippen LogP contribution in [-0.2, 0) is 9.59 Å². The second-order valence-corrected chi connectivity index (χ2v) is 5.44. The number of hydrogen-bond donors (Lipinski definition) is 1. The van der Waals surface area contributed by atoms with Crippen molar-refractivity contribution in [2.45, 2.75) is 26.2 Å². The van der Waals surface area contributed by atoms with Gasteiger partial charge in [0, 0.05) is 24.0 Å². The largest absolute Gasteiger partial charge is 0.494 e. The molecule has 0 aliphatic rings. The van der Waals surface area contributed by atoms with Crippen LogP contribution in [0, 0.1) is 0 Å². The molecule has 21 heavy (non-hydrogen) atoms. The van der Waals surface area contributed by atoms with E-state index in [0.717, 1.165) is 10.2 Å². The van der Waals surface area contributed by atoms with Crippen LogP contribution in [0.15, 0.2) is 28.7 Å². The average Bonchev–Trinajstić information content (AvgIpc) is 2.44. The van der Waals surface area contributed by atoms with Crippen molar-refractivity contribution in [1.29, 1.82) is 0 Å². The molecule has 116 valence electrons. The predicted octanol–water partition coefficient (Wildman–Crippen LogP) is 2.93. The van der Waals surface area contributed by atoms with Crippen molar-refractivity contribution < 1.29 is 19.4 Å². The maximum Gasteiger partial charge on any atom is 0.305 e. The van der Waals surface area contributed by atoms with Gasteiger partial charge < -0.3 is 14.7 Å². The monoisotopic (exact) mass is 357 g/mol. The number of carbonyl (C=O) groups excluding carboxylic acids is 1. The van der Waals surface area contributed by atoms with Crippen molar-refractivity contribution in [3.63, 3.8) is 0 Å². The van der Waals surface area contributed by atoms with E-state index in [1.165, 1.54) is 0 Å². The van der Waals surface area contributed by atoms with Crippen molar-refractivity contribution in [3.05, 3.63) is 28.7 Å². The van der Waals surface area contributed by atoms with Crippen LogP contribution in [0.4, 0.5) is 0 Å². The first-order chi connectivity index (χ1) is 10.0. The summed E-state index contributed by atoms with van der Waals surface area (Å²) in [6, 6.07) is 7.53. The lowest BCUT2D eigenvalue weighted by Crippen LogP contribution is -2.32. The highest BCUT2D eigenvalue weighted by Gasteiger charge is 2.12. The van der Waals surface area contributed by atoms with E-state index in [4.69, 9.17) is 9.84 Å². The third kappa shape index (κ3) is 7.13. The van der Waals surface area contributed by atoms with E-state index in [1.54, 1.807) is 4.90 Å². The molecule has 0 aromatic heterocycles. The summed E-state index contributed by atoms with van der Waals surface area (Å²) in [7, 11) is 0. The molecule has 0 bridgehead atoms. The van der Waals surface area contributed by atoms with Gasteiger partial charge in [-0.2, -0.15) is 0 Å². The van der Waals surface area contributed by atoms with E-state index in [2.05, 4.69) is 15.9 Å². The number of aliphatic carboxylic acids is 1. The Morgan fingerprint density at radius 3 is 2.71 bits per heavy atom. The molecule has 1 rings (SSSR count). The summed E-state index contributed by atoms with van der Waals surface area (Å²) in [6.07, 6.45) is 0.949. The van der Waals surface area contributed by atoms with Gasteiger partial charge in [-0.25, -0.2) is 0 Å². The van der Waals surface area contributed by atoms with Crippen molar-refractivity contribution >= 4 is 27.8 Å². The van der Waals surface area contributed by atoms with Gasteiger partial charge in [-0.3, -0.25) is 9.59 Å². The number of rotatable bonds is 9. The minimum absolute atomic E-state index is 0.0197. The van der Waals surface area contributed by atoms with E-state index in [-0.39, 0.29) is 18.9 Å². The Morgan fingerprint density at radius 1 is 1.33 bits per heavy atom. The van der Waals surface area contributed by atoms with Crippen LogP contribution < -0.4 is 4.74 Å². The molecule has 0 saturated heterocycles. The predicted molar refractivity (Wildman–Crippen MR) is 83.4 cm³/mol. The van der Waals surface area contributed by atoms with Crippen LogP contribution in [0.25, 0.3) is 0 Å². The summed E-state index contributed by atoms with van der Waals surface area (Å²) in [4.78, 5) is 24.0. The second-order valence-electron chi connectivity index (χ2n) is 4.53. The fourth-order valence-corrected chi connectivity index (χ4v) is 2.20. The number of benzene rings is 1. The zero-order valence-corrected chi connectivity index (χ0v) is 13.6. The van der Waals surface area contributed by atoms with Crippen LogP contribution in [0.2, 0.25) is 0 Å². The Kier molecular flexibility index (Phi) is 7.82. The fraction of sp³-hybridized carbons (Fsp3) is 0.467. The molecular weight excluding hydrogens is 338 g/mol. The minimum atomic E-state index is -0.890. The molecule has 1 N–H and O–H groups in total. The normalized spacial score (nSPS) is 10.2. The van der Waals surface area contributed by atoms with Crippen LogP contribution in [0.3, 0.4) is 0 Å². The number of amides is 1. The topological polar surface area (TPSA) is 66.8 Å². The standard InChI is InChI=1S/C15H20BrNO4/c1-2-17(9-8-15(19)20)14(18)7-4-10-21-13-6-3-5-12(16)11-13/h3,5-6,11H,2,4,7-10H2,1H3,(H,19,20). The Balaban J connectivity index is 2.27. The lowest BCUT2D eigenvalue weighted by molar-refractivity contribution is -0.138. The first kappa shape index (κ1) is 17.5. The van der Waals surface area contributed by atoms with Crippen LogP contribution in [-0.4, -0.2) is 41.6 Å². The number of hydrogen-bond acceptors (Lipinski definition) is 3. The van der Waals surface area contributed by atoms with E-state index in [1.807, 2.05) is 31.2 Å². The highest BCUT2D eigenvalue weighted by molar-refractivity contribution is 9.10. The molecule has 6 heteroatoms. The Bertz CT molecular complexity index is 478. The second kappa shape index (κ2) is 9.39. The average molecular weight is 358 g/mol. The number of halogens is 1. The smallest absolute Gasteiger partial charge is 0.305 e. The van der Waals surface area contributed by atoms with E-state index in [0.29, 0.717) is 26.0 Å². The molecule has 1 aromatic rings. The lowest BCUT2D eigenvalue weighted by atomic mass is 10.2. The fourth-order valence-electron chi connectivity index (χ4n) is 1.82. The molecule has 0 aliphatic heterocycles. The molecule has 1 amide bonds. The summed E-state index contributed by atoms with van der Waals surface area (Å²) in [6.45, 7) is 3.09. The molecule has 0 saturated carbocycles. The summed E-state index contributed by atoms with van der Waals surface area (Å²) in [5.74, 6) is -0.161. The Hall–Kier alpha value is -1.56. The van der Waals surface area contributed by atoms with E-state index >= 15 is 0 Å². The van der Waals surface area contributed by atoms with Gasteiger partial charge in [0.15, 0.2) is 0 Å². The van der Waals surface area contributed by atoms with Crippen LogP contribution in [0.1, 0.15) is 26.2 Å². The molecule has 1 aromatic carbocycles. The van der Waals surface area contributed by atoms with Gasteiger partial charge in [0.1, 0.15) is 5.75 Å². The lowest BCUT2D eigenvalue weighted by Gasteiger charge is -2.19. The van der Waals surface area contributed by atoms with Gasteiger partial charge in [0.05, 0.1) is 13.0 Å². The molecule has 0 spiro atoms. The molecular formula is C15H20BrNO4. The third-order valence-electron chi connectivity index (χ3n) is 2.93. The molecule has 0 fully saturated rings. The SMILES string of the molecule is CCN(CCC(=O)O)C(=O)CCCOc1cccc(Br)c1. The Labute approximate surface area is 133 Å². The van der Waals surface area contributed by atoms with Gasteiger partial charge in [-0.15, -0.1) is 0 Å². The highest BCUT2D eigenvalue weighted by Crippen LogP contribution is 2.17. The van der Waals surface area contributed by atoms with Crippen LogP contribution >= 0.6 is 15.9 Å². The summed E-state index contributed by atoms with van der Waals surface area (Å²) in [5.41, 5.74) is 0. The maximum absolute atomic E-state index is 11.9. The quantitative estimate of drug-likeness (QED) is 0.690. The van der Waals surface area contributed by atoms with Crippen molar-refractivity contribution in [2.24, 2.45) is 0 Å². The molecule has 0 atom stereocenters. The van der Waals surface area contributed by atoms with Crippen molar-refractivity contribution in [3.8, 4) is 5.75 Å².